The summed E-state index contributed by atoms with van der Waals surface area (Å²) in [5.41, 5.74) is -3.85. The van der Waals surface area contributed by atoms with Crippen LogP contribution in [0.1, 0.15) is 123 Å². The maximum atomic E-state index is 12.3. The largest absolute Gasteiger partial charge is 0.454 e. The Bertz CT molecular complexity index is 925. The van der Waals surface area contributed by atoms with Crippen molar-refractivity contribution in [3.05, 3.63) is 0 Å². The second kappa shape index (κ2) is 16.1. The lowest BCUT2D eigenvalue weighted by molar-refractivity contribution is -0.399. The van der Waals surface area contributed by atoms with Gasteiger partial charge in [-0.1, -0.05) is 0 Å². The molecule has 13 nitrogen and oxygen atoms in total. The van der Waals surface area contributed by atoms with E-state index in [4.69, 9.17) is 38.6 Å². The quantitative estimate of drug-likeness (QED) is 0.0769. The lowest BCUT2D eigenvalue weighted by atomic mass is 10.0. The first-order valence-corrected chi connectivity index (χ1v) is 14.4. The molecule has 0 N–H and O–H groups in total. The third kappa shape index (κ3) is 20.3. The van der Waals surface area contributed by atoms with Crippen molar-refractivity contribution in [3.8, 4) is 0 Å². The van der Waals surface area contributed by atoms with Crippen molar-refractivity contribution in [3.63, 3.8) is 0 Å². The summed E-state index contributed by atoms with van der Waals surface area (Å²) in [4.78, 5) is 80.2. The summed E-state index contributed by atoms with van der Waals surface area (Å²) in [5.74, 6) is -5.00. The number of esters is 3. The fourth-order valence-corrected chi connectivity index (χ4v) is 3.66. The zero-order chi connectivity index (χ0) is 34.0. The van der Waals surface area contributed by atoms with Gasteiger partial charge in [0, 0.05) is 19.3 Å². The van der Waals surface area contributed by atoms with E-state index < -0.39 is 70.2 Å². The smallest absolute Gasteiger partial charge is 0.449 e. The first-order chi connectivity index (χ1) is 19.1. The molecule has 0 aromatic rings. The highest BCUT2D eigenvalue weighted by molar-refractivity contribution is 6.30. The van der Waals surface area contributed by atoms with E-state index in [2.05, 4.69) is 4.89 Å². The Hall–Kier alpha value is -2.32. The lowest BCUT2D eigenvalue weighted by Gasteiger charge is -2.30. The minimum atomic E-state index is -1.37. The highest BCUT2D eigenvalue weighted by Gasteiger charge is 2.34. The molecule has 0 aliphatic rings. The van der Waals surface area contributed by atoms with Crippen molar-refractivity contribution in [2.24, 2.45) is 0 Å². The molecule has 0 bridgehead atoms. The van der Waals surface area contributed by atoms with Gasteiger partial charge in [0.25, 0.3) is 0 Å². The van der Waals surface area contributed by atoms with Gasteiger partial charge in [0.15, 0.2) is 0 Å². The Kier molecular flexibility index (Phi) is 15.3. The van der Waals surface area contributed by atoms with Crippen LogP contribution in [-0.4, -0.2) is 70.2 Å². The van der Waals surface area contributed by atoms with E-state index >= 15 is 0 Å². The molecule has 0 aromatic heterocycles. The molecule has 13 heteroatoms. The molecule has 0 fully saturated rings. The van der Waals surface area contributed by atoms with Crippen LogP contribution in [0.25, 0.3) is 0 Å². The van der Waals surface area contributed by atoms with Gasteiger partial charge >= 0.3 is 23.9 Å². The zero-order valence-corrected chi connectivity index (χ0v) is 28.7. The standard InChI is InChI=1S/C30H54O13/c1-19(35-22(31)23(32)36-20(2)17-29(12,13)42-39-26(4,5)6)16-28(10,11)41-38-25(34)24(33)37-21(3)18-30(14,15)43-40-27(7,8)9/h19-21H,16-18H2,1-15H3. The predicted octanol–water partition coefficient (Wildman–Crippen LogP) is 5.26. The molecule has 3 unspecified atom stereocenters. The van der Waals surface area contributed by atoms with Gasteiger partial charge in [-0.3, -0.25) is 4.89 Å². The van der Waals surface area contributed by atoms with E-state index in [1.807, 2.05) is 41.5 Å². The van der Waals surface area contributed by atoms with Crippen molar-refractivity contribution in [1.82, 2.24) is 0 Å². The minimum Gasteiger partial charge on any atom is -0.454 e. The SMILES string of the molecule is CC(CC(C)(C)OOC(C)(C)C)OC(=O)C(=O)OOC(C)(C)CC(C)OC(=O)C(=O)OC(C)CC(C)(C)OOC(C)(C)C. The summed E-state index contributed by atoms with van der Waals surface area (Å²) in [7, 11) is 0. The molecule has 252 valence electrons. The van der Waals surface area contributed by atoms with Crippen LogP contribution < -0.4 is 0 Å². The van der Waals surface area contributed by atoms with Crippen LogP contribution in [0.2, 0.25) is 0 Å². The monoisotopic (exact) mass is 622 g/mol. The van der Waals surface area contributed by atoms with Gasteiger partial charge < -0.3 is 14.2 Å². The Morgan fingerprint density at radius 3 is 0.953 bits per heavy atom. The summed E-state index contributed by atoms with van der Waals surface area (Å²) in [5, 5.41) is 0. The van der Waals surface area contributed by atoms with Crippen LogP contribution in [-0.2, 0) is 62.7 Å². The van der Waals surface area contributed by atoms with E-state index in [0.717, 1.165) is 0 Å². The molecule has 0 saturated carbocycles. The molecule has 0 radical (unpaired) electrons. The van der Waals surface area contributed by atoms with E-state index in [1.165, 1.54) is 20.8 Å². The maximum Gasteiger partial charge on any atom is 0.449 e. The number of carbonyl (C=O) groups excluding carboxylic acids is 4. The second-order valence-electron chi connectivity index (χ2n) is 14.6. The summed E-state index contributed by atoms with van der Waals surface area (Å²) >= 11 is 0. The molecule has 0 heterocycles. The Balaban J connectivity index is 4.69. The summed E-state index contributed by atoms with van der Waals surface area (Å²) < 4.78 is 15.5. The minimum absolute atomic E-state index is 0.00459. The Labute approximate surface area is 256 Å². The molecule has 3 atom stereocenters. The third-order valence-electron chi connectivity index (χ3n) is 4.97. The molecule has 0 saturated heterocycles. The van der Waals surface area contributed by atoms with Gasteiger partial charge in [-0.25, -0.2) is 38.7 Å². The zero-order valence-electron chi connectivity index (χ0n) is 28.7. The van der Waals surface area contributed by atoms with Crippen LogP contribution in [0.15, 0.2) is 0 Å². The van der Waals surface area contributed by atoms with Gasteiger partial charge in [0.1, 0.15) is 35.1 Å². The van der Waals surface area contributed by atoms with Crippen LogP contribution in [0.5, 0.6) is 0 Å². The molecule has 43 heavy (non-hydrogen) atoms. The van der Waals surface area contributed by atoms with Crippen molar-refractivity contribution < 1.29 is 62.7 Å². The first kappa shape index (κ1) is 40.7. The molecule has 0 aliphatic heterocycles. The fourth-order valence-electron chi connectivity index (χ4n) is 3.66. The van der Waals surface area contributed by atoms with Gasteiger partial charge in [-0.05, 0) is 104 Å². The van der Waals surface area contributed by atoms with Crippen LogP contribution in [0.4, 0.5) is 0 Å². The first-order valence-electron chi connectivity index (χ1n) is 14.4. The highest BCUT2D eigenvalue weighted by atomic mass is 17.2. The third-order valence-corrected chi connectivity index (χ3v) is 4.97. The van der Waals surface area contributed by atoms with Crippen molar-refractivity contribution in [1.29, 1.82) is 0 Å². The summed E-state index contributed by atoms with van der Waals surface area (Å²) in [6, 6.07) is 0. The van der Waals surface area contributed by atoms with Crippen molar-refractivity contribution >= 4 is 23.9 Å². The topological polar surface area (TPSA) is 151 Å². The van der Waals surface area contributed by atoms with E-state index in [0.29, 0.717) is 0 Å². The van der Waals surface area contributed by atoms with Gasteiger partial charge in [0.2, 0.25) is 0 Å². The molecule has 0 spiro atoms. The summed E-state index contributed by atoms with van der Waals surface area (Å²) in [6.07, 6.45) is -1.73. The van der Waals surface area contributed by atoms with Gasteiger partial charge in [-0.15, -0.1) is 0 Å². The number of ether oxygens (including phenoxy) is 3. The maximum absolute atomic E-state index is 12.3. The Morgan fingerprint density at radius 1 is 0.419 bits per heavy atom. The number of hydrogen-bond donors (Lipinski definition) is 0. The average Bonchev–Trinajstić information content (AvgIpc) is 2.78. The molecule has 0 amide bonds. The van der Waals surface area contributed by atoms with E-state index in [1.54, 1.807) is 41.5 Å². The van der Waals surface area contributed by atoms with Gasteiger partial charge in [-0.2, -0.15) is 4.89 Å². The molecular formula is C30H54O13. The molecular weight excluding hydrogens is 568 g/mol. The molecule has 0 aliphatic carbocycles. The molecule has 0 aromatic carbocycles. The highest BCUT2D eigenvalue weighted by Crippen LogP contribution is 2.24. The predicted molar refractivity (Wildman–Crippen MR) is 154 cm³/mol. The number of rotatable bonds is 15. The summed E-state index contributed by atoms with van der Waals surface area (Å²) in [6.45, 7) is 25.8. The van der Waals surface area contributed by atoms with Crippen molar-refractivity contribution in [2.75, 3.05) is 0 Å². The van der Waals surface area contributed by atoms with E-state index in [9.17, 15) is 19.2 Å². The van der Waals surface area contributed by atoms with Crippen LogP contribution in [0, 0.1) is 0 Å². The number of carbonyl (C=O) groups is 4. The average molecular weight is 623 g/mol. The van der Waals surface area contributed by atoms with Gasteiger partial charge in [0.05, 0.1) is 11.2 Å². The van der Waals surface area contributed by atoms with Crippen LogP contribution >= 0.6 is 0 Å². The van der Waals surface area contributed by atoms with E-state index in [-0.39, 0.29) is 19.3 Å². The van der Waals surface area contributed by atoms with Crippen molar-refractivity contribution in [2.45, 2.75) is 169 Å². The lowest BCUT2D eigenvalue weighted by Crippen LogP contribution is -2.37. The fraction of sp³-hybridized carbons (Fsp3) is 0.867. The Morgan fingerprint density at radius 2 is 0.674 bits per heavy atom. The number of hydrogen-bond acceptors (Lipinski definition) is 13. The normalized spacial score (nSPS) is 15.2. The molecule has 0 rings (SSSR count). The second-order valence-corrected chi connectivity index (χ2v) is 14.6. The van der Waals surface area contributed by atoms with Crippen LogP contribution in [0.3, 0.4) is 0 Å².